The number of aliphatic hydroxyl groups excluding tert-OH is 2. The van der Waals surface area contributed by atoms with Crippen LogP contribution in [0.25, 0.3) is 0 Å². The van der Waals surface area contributed by atoms with Gasteiger partial charge >= 0.3 is 0 Å². The topological polar surface area (TPSA) is 57.5 Å². The van der Waals surface area contributed by atoms with Crippen LogP contribution in [0.15, 0.2) is 11.4 Å². The van der Waals surface area contributed by atoms with E-state index in [4.69, 9.17) is 0 Å². The molecule has 1 aromatic rings. The molecule has 2 unspecified atom stereocenters. The maximum absolute atomic E-state index is 10.8. The second-order valence-electron chi connectivity index (χ2n) is 4.55. The lowest BCUT2D eigenvalue weighted by molar-refractivity contribution is -0.109. The zero-order valence-corrected chi connectivity index (χ0v) is 13.1. The van der Waals surface area contributed by atoms with E-state index >= 15 is 0 Å². The molecule has 0 aliphatic rings. The molecule has 19 heavy (non-hydrogen) atoms. The highest BCUT2D eigenvalue weighted by atomic mass is 32.2. The van der Waals surface area contributed by atoms with Crippen LogP contribution in [0.2, 0.25) is 0 Å². The molecule has 0 aromatic carbocycles. The monoisotopic (exact) mass is 302 g/mol. The van der Waals surface area contributed by atoms with Gasteiger partial charge in [-0.1, -0.05) is 25.1 Å². The molecule has 108 valence electrons. The summed E-state index contributed by atoms with van der Waals surface area (Å²) in [4.78, 5) is 11.7. The number of thioether (sulfide) groups is 1. The van der Waals surface area contributed by atoms with Crippen molar-refractivity contribution in [1.29, 1.82) is 0 Å². The number of aryl methyl sites for hydroxylation is 1. The van der Waals surface area contributed by atoms with Crippen molar-refractivity contribution in [3.8, 4) is 0 Å². The minimum atomic E-state index is -0.834. The van der Waals surface area contributed by atoms with Crippen LogP contribution in [0, 0.1) is 0 Å². The summed E-state index contributed by atoms with van der Waals surface area (Å²) in [6, 6.07) is 2.02. The summed E-state index contributed by atoms with van der Waals surface area (Å²) in [5.74, 6) is 0.545. The summed E-state index contributed by atoms with van der Waals surface area (Å²) in [5.41, 5.74) is 1.14. The molecule has 0 spiro atoms. The lowest BCUT2D eigenvalue weighted by Crippen LogP contribution is -2.19. The lowest BCUT2D eigenvalue weighted by Gasteiger charge is -2.18. The van der Waals surface area contributed by atoms with Crippen LogP contribution in [0.4, 0.5) is 0 Å². The van der Waals surface area contributed by atoms with E-state index in [0.29, 0.717) is 12.2 Å². The minimum absolute atomic E-state index is 0.0430. The number of thiophene rings is 1. The number of unbranched alkanes of at least 4 members (excludes halogenated alkanes) is 1. The smallest absolute Gasteiger partial charge is 0.185 e. The molecule has 0 bridgehead atoms. The third-order valence-electron chi connectivity index (χ3n) is 2.93. The number of aliphatic hydroxyl groups is 2. The van der Waals surface area contributed by atoms with Gasteiger partial charge < -0.3 is 10.2 Å². The quantitative estimate of drug-likeness (QED) is 0.774. The Hall–Kier alpha value is -0.360. The van der Waals surface area contributed by atoms with Gasteiger partial charge in [0, 0.05) is 17.6 Å². The van der Waals surface area contributed by atoms with Crippen LogP contribution in [-0.4, -0.2) is 27.2 Å². The molecule has 0 amide bonds. The molecule has 0 aliphatic heterocycles. The summed E-state index contributed by atoms with van der Waals surface area (Å²) >= 11 is 2.68. The first-order valence-corrected chi connectivity index (χ1v) is 8.48. The molecular formula is C14H22O3S2. The van der Waals surface area contributed by atoms with Crippen LogP contribution < -0.4 is 0 Å². The molecular weight excluding hydrogens is 280 g/mol. The Balaban J connectivity index is 2.53. The Morgan fingerprint density at radius 1 is 1.47 bits per heavy atom. The number of carbonyl (C=O) groups excluding carboxylic acids is 1. The lowest BCUT2D eigenvalue weighted by atomic mass is 10.0. The van der Waals surface area contributed by atoms with Gasteiger partial charge in [0.2, 0.25) is 0 Å². The fourth-order valence-electron chi connectivity index (χ4n) is 1.84. The Labute approximate surface area is 123 Å². The number of hydrogen-bond donors (Lipinski definition) is 2. The average molecular weight is 302 g/mol. The summed E-state index contributed by atoms with van der Waals surface area (Å²) < 4.78 is 0. The summed E-state index contributed by atoms with van der Waals surface area (Å²) in [6.07, 6.45) is 1.94. The predicted molar refractivity (Wildman–Crippen MR) is 81.7 cm³/mol. The normalized spacial score (nSPS) is 14.3. The van der Waals surface area contributed by atoms with Gasteiger partial charge in [0.25, 0.3) is 0 Å². The first-order chi connectivity index (χ1) is 9.06. The maximum atomic E-state index is 10.8. The highest BCUT2D eigenvalue weighted by molar-refractivity contribution is 8.13. The van der Waals surface area contributed by atoms with E-state index in [1.165, 1.54) is 30.0 Å². The van der Waals surface area contributed by atoms with Gasteiger partial charge in [-0.05, 0) is 36.3 Å². The minimum Gasteiger partial charge on any atom is -0.390 e. The third kappa shape index (κ3) is 5.65. The van der Waals surface area contributed by atoms with Crippen molar-refractivity contribution in [2.75, 3.05) is 5.75 Å². The van der Waals surface area contributed by atoms with Crippen LogP contribution in [-0.2, 0) is 11.2 Å². The van der Waals surface area contributed by atoms with Gasteiger partial charge in [0.05, 0.1) is 6.10 Å². The molecule has 3 nitrogen and oxygen atoms in total. The molecule has 1 rings (SSSR count). The summed E-state index contributed by atoms with van der Waals surface area (Å²) in [5, 5.41) is 22.2. The van der Waals surface area contributed by atoms with E-state index in [1.54, 1.807) is 0 Å². The van der Waals surface area contributed by atoms with Gasteiger partial charge in [0.1, 0.15) is 6.10 Å². The molecule has 0 saturated carbocycles. The van der Waals surface area contributed by atoms with Crippen molar-refractivity contribution in [3.63, 3.8) is 0 Å². The first-order valence-electron chi connectivity index (χ1n) is 6.62. The fraction of sp³-hybridized carbons (Fsp3) is 0.643. The second kappa shape index (κ2) is 8.74. The molecule has 0 radical (unpaired) electrons. The maximum Gasteiger partial charge on any atom is 0.185 e. The van der Waals surface area contributed by atoms with Crippen molar-refractivity contribution in [2.45, 2.75) is 51.7 Å². The number of carbonyl (C=O) groups is 1. The van der Waals surface area contributed by atoms with Gasteiger partial charge in [-0.2, -0.15) is 0 Å². The van der Waals surface area contributed by atoms with Crippen LogP contribution in [0.5, 0.6) is 0 Å². The molecule has 2 N–H and O–H groups in total. The highest BCUT2D eigenvalue weighted by Gasteiger charge is 2.22. The first kappa shape index (κ1) is 16.7. The Morgan fingerprint density at radius 3 is 2.84 bits per heavy atom. The van der Waals surface area contributed by atoms with E-state index in [2.05, 4.69) is 6.92 Å². The van der Waals surface area contributed by atoms with Gasteiger partial charge in [-0.25, -0.2) is 0 Å². The Morgan fingerprint density at radius 2 is 2.21 bits per heavy atom. The zero-order chi connectivity index (χ0) is 14.3. The molecule has 0 aliphatic carbocycles. The van der Waals surface area contributed by atoms with Gasteiger partial charge in [-0.3, -0.25) is 4.79 Å². The van der Waals surface area contributed by atoms with E-state index in [1.807, 2.05) is 11.4 Å². The summed E-state index contributed by atoms with van der Waals surface area (Å²) in [6.45, 7) is 3.64. The molecule has 2 atom stereocenters. The Kier molecular flexibility index (Phi) is 7.68. The van der Waals surface area contributed by atoms with Crippen LogP contribution in [0.1, 0.15) is 49.7 Å². The predicted octanol–water partition coefficient (Wildman–Crippen LogP) is 3.15. The highest BCUT2D eigenvalue weighted by Crippen LogP contribution is 2.29. The average Bonchev–Trinajstić information content (AvgIpc) is 2.82. The van der Waals surface area contributed by atoms with E-state index in [-0.39, 0.29) is 5.12 Å². The molecule has 5 heteroatoms. The van der Waals surface area contributed by atoms with Crippen LogP contribution in [0.3, 0.4) is 0 Å². The van der Waals surface area contributed by atoms with E-state index in [0.717, 1.165) is 29.7 Å². The van der Waals surface area contributed by atoms with Crippen molar-refractivity contribution < 1.29 is 15.0 Å². The number of hydrogen-bond acceptors (Lipinski definition) is 5. The van der Waals surface area contributed by atoms with E-state index < -0.39 is 12.2 Å². The second-order valence-corrected chi connectivity index (χ2v) is 6.77. The molecule has 1 heterocycles. The zero-order valence-electron chi connectivity index (χ0n) is 11.5. The van der Waals surface area contributed by atoms with Crippen molar-refractivity contribution in [2.24, 2.45) is 0 Å². The SMILES string of the molecule is CCCCc1ccsc1C(O)C(O)CCSC(C)=O. The van der Waals surface area contributed by atoms with Crippen molar-refractivity contribution in [1.82, 2.24) is 0 Å². The molecule has 1 aromatic heterocycles. The third-order valence-corrected chi connectivity index (χ3v) is 4.81. The molecule has 0 saturated heterocycles. The van der Waals surface area contributed by atoms with Crippen molar-refractivity contribution >= 4 is 28.2 Å². The summed E-state index contributed by atoms with van der Waals surface area (Å²) in [7, 11) is 0. The van der Waals surface area contributed by atoms with E-state index in [9.17, 15) is 15.0 Å². The van der Waals surface area contributed by atoms with Gasteiger partial charge in [-0.15, -0.1) is 11.3 Å². The Bertz CT molecular complexity index is 390. The van der Waals surface area contributed by atoms with Crippen LogP contribution >= 0.6 is 23.1 Å². The standard InChI is InChI=1S/C14H22O3S2/c1-3-4-5-11-6-8-19-14(11)13(17)12(16)7-9-18-10(2)15/h6,8,12-13,16-17H,3-5,7,9H2,1-2H3. The number of rotatable bonds is 8. The molecule has 0 fully saturated rings. The fourth-order valence-corrected chi connectivity index (χ4v) is 3.48. The largest absolute Gasteiger partial charge is 0.390 e. The van der Waals surface area contributed by atoms with Crippen molar-refractivity contribution in [3.05, 3.63) is 21.9 Å². The van der Waals surface area contributed by atoms with Gasteiger partial charge in [0.15, 0.2) is 5.12 Å².